The Morgan fingerprint density at radius 1 is 1.17 bits per heavy atom. The minimum Gasteiger partial charge on any atom is -0.446 e. The molecule has 10 heteroatoms. The summed E-state index contributed by atoms with van der Waals surface area (Å²) in [5.41, 5.74) is -0.760. The lowest BCUT2D eigenvalue weighted by Gasteiger charge is -2.20. The molecule has 0 saturated carbocycles. The van der Waals surface area contributed by atoms with Crippen LogP contribution in [0.4, 0.5) is 9.59 Å². The first-order valence-electron chi connectivity index (χ1n) is 9.19. The summed E-state index contributed by atoms with van der Waals surface area (Å²) >= 11 is 0. The van der Waals surface area contributed by atoms with Crippen LogP contribution in [0.2, 0.25) is 0 Å². The van der Waals surface area contributed by atoms with Gasteiger partial charge in [0.25, 0.3) is 11.8 Å². The van der Waals surface area contributed by atoms with Gasteiger partial charge >= 0.3 is 18.0 Å². The summed E-state index contributed by atoms with van der Waals surface area (Å²) in [6.07, 6.45) is -1.07. The molecule has 1 heterocycles. The van der Waals surface area contributed by atoms with E-state index in [0.717, 1.165) is 4.90 Å². The molecule has 1 fully saturated rings. The van der Waals surface area contributed by atoms with Gasteiger partial charge in [0.1, 0.15) is 12.1 Å². The van der Waals surface area contributed by atoms with E-state index in [1.165, 1.54) is 0 Å². The van der Waals surface area contributed by atoms with Crippen LogP contribution in [0.5, 0.6) is 0 Å². The number of amides is 6. The first-order valence-corrected chi connectivity index (χ1v) is 9.19. The summed E-state index contributed by atoms with van der Waals surface area (Å²) in [6.45, 7) is 4.62. The van der Waals surface area contributed by atoms with Crippen LogP contribution >= 0.6 is 0 Å². The molecule has 1 aliphatic rings. The molecule has 0 unspecified atom stereocenters. The van der Waals surface area contributed by atoms with Crippen molar-refractivity contribution in [3.8, 4) is 0 Å². The van der Waals surface area contributed by atoms with E-state index in [-0.39, 0.29) is 0 Å². The predicted molar refractivity (Wildman–Crippen MR) is 101 cm³/mol. The van der Waals surface area contributed by atoms with Crippen molar-refractivity contribution in [1.82, 2.24) is 20.9 Å². The number of carbonyl (C=O) groups excluding carboxylic acids is 5. The highest BCUT2D eigenvalue weighted by Crippen LogP contribution is 2.22. The van der Waals surface area contributed by atoms with Crippen molar-refractivity contribution in [3.63, 3.8) is 0 Å². The highest BCUT2D eigenvalue weighted by atomic mass is 16.5. The number of nitrogens with zero attached hydrogens (tertiary/aromatic N) is 1. The molecule has 10 nitrogen and oxygen atoms in total. The van der Waals surface area contributed by atoms with E-state index in [0.29, 0.717) is 18.5 Å². The van der Waals surface area contributed by atoms with E-state index >= 15 is 0 Å². The molecule has 156 valence electrons. The van der Waals surface area contributed by atoms with Gasteiger partial charge in [-0.1, -0.05) is 37.3 Å². The van der Waals surface area contributed by atoms with Crippen molar-refractivity contribution in [3.05, 3.63) is 35.9 Å². The number of nitrogens with one attached hydrogen (secondary N) is 3. The molecule has 1 aromatic carbocycles. The first kappa shape index (κ1) is 21.9. The van der Waals surface area contributed by atoms with Gasteiger partial charge in [0.05, 0.1) is 0 Å². The van der Waals surface area contributed by atoms with E-state index in [1.807, 2.05) is 0 Å². The molecular weight excluding hydrogens is 380 g/mol. The summed E-state index contributed by atoms with van der Waals surface area (Å²) in [7, 11) is 0. The Hall–Kier alpha value is -3.43. The van der Waals surface area contributed by atoms with Gasteiger partial charge in [-0.15, -0.1) is 0 Å². The third-order valence-electron chi connectivity index (χ3n) is 4.50. The maximum absolute atomic E-state index is 12.5. The van der Waals surface area contributed by atoms with E-state index < -0.39 is 48.0 Å². The molecule has 0 radical (unpaired) electrons. The van der Waals surface area contributed by atoms with Crippen molar-refractivity contribution in [1.29, 1.82) is 0 Å². The number of ether oxygens (including phenoxy) is 1. The molecule has 6 amide bonds. The zero-order valence-corrected chi connectivity index (χ0v) is 16.5. The molecule has 0 aliphatic carbocycles. The van der Waals surface area contributed by atoms with Crippen LogP contribution in [0.15, 0.2) is 30.3 Å². The number of esters is 1. The summed E-state index contributed by atoms with van der Waals surface area (Å²) in [5.74, 6) is -2.37. The topological polar surface area (TPSA) is 134 Å². The predicted octanol–water partition coefficient (Wildman–Crippen LogP) is 0.837. The molecule has 2 atom stereocenters. The van der Waals surface area contributed by atoms with E-state index in [4.69, 9.17) is 4.74 Å². The monoisotopic (exact) mass is 404 g/mol. The maximum Gasteiger partial charge on any atom is 0.327 e. The van der Waals surface area contributed by atoms with Crippen LogP contribution in [0.25, 0.3) is 0 Å². The summed E-state index contributed by atoms with van der Waals surface area (Å²) in [5, 5.41) is 7.03. The molecule has 1 saturated heterocycles. The average molecular weight is 404 g/mol. The Bertz CT molecular complexity index is 812. The van der Waals surface area contributed by atoms with Crippen molar-refractivity contribution >= 4 is 29.8 Å². The van der Waals surface area contributed by atoms with Crippen LogP contribution in [0.1, 0.15) is 38.9 Å². The summed E-state index contributed by atoms with van der Waals surface area (Å²) in [6, 6.07) is 6.65. The number of carbonyl (C=O) groups is 5. The van der Waals surface area contributed by atoms with Crippen LogP contribution in [0.3, 0.4) is 0 Å². The SMILES string of the molecule is CCNC(=O)NC(=O)[C@H](OC(=O)CN1C(=O)N[C@@](C)(CC)C1=O)c1ccccc1. The Morgan fingerprint density at radius 3 is 2.38 bits per heavy atom. The fourth-order valence-electron chi connectivity index (χ4n) is 2.71. The molecule has 29 heavy (non-hydrogen) atoms. The maximum atomic E-state index is 12.5. The zero-order valence-electron chi connectivity index (χ0n) is 16.5. The first-order chi connectivity index (χ1) is 13.7. The molecule has 3 N–H and O–H groups in total. The van der Waals surface area contributed by atoms with E-state index in [9.17, 15) is 24.0 Å². The van der Waals surface area contributed by atoms with Gasteiger partial charge in [-0.3, -0.25) is 24.6 Å². The molecule has 0 aromatic heterocycles. The fourth-order valence-corrected chi connectivity index (χ4v) is 2.71. The second-order valence-corrected chi connectivity index (χ2v) is 6.64. The number of hydrogen-bond acceptors (Lipinski definition) is 6. The second-order valence-electron chi connectivity index (χ2n) is 6.64. The van der Waals surface area contributed by atoms with E-state index in [1.54, 1.807) is 51.1 Å². The number of imide groups is 2. The van der Waals surface area contributed by atoms with Crippen molar-refractivity contribution in [2.75, 3.05) is 13.1 Å². The van der Waals surface area contributed by atoms with Gasteiger partial charge in [0.2, 0.25) is 6.10 Å². The van der Waals surface area contributed by atoms with Crippen LogP contribution in [-0.2, 0) is 19.1 Å². The summed E-state index contributed by atoms with van der Waals surface area (Å²) in [4.78, 5) is 61.8. The summed E-state index contributed by atoms with van der Waals surface area (Å²) < 4.78 is 5.23. The molecular formula is C19H24N4O6. The zero-order chi connectivity index (χ0) is 21.6. The number of benzene rings is 1. The average Bonchev–Trinajstić information content (AvgIpc) is 2.90. The minimum absolute atomic E-state index is 0.303. The highest BCUT2D eigenvalue weighted by Gasteiger charge is 2.47. The smallest absolute Gasteiger partial charge is 0.327 e. The van der Waals surface area contributed by atoms with Crippen LogP contribution in [0, 0.1) is 0 Å². The van der Waals surface area contributed by atoms with Crippen LogP contribution < -0.4 is 16.0 Å². The van der Waals surface area contributed by atoms with Gasteiger partial charge in [-0.05, 0) is 20.3 Å². The number of hydrogen-bond donors (Lipinski definition) is 3. The molecule has 1 aromatic rings. The van der Waals surface area contributed by atoms with Gasteiger partial charge in [-0.25, -0.2) is 9.59 Å². The number of urea groups is 2. The Morgan fingerprint density at radius 2 is 1.83 bits per heavy atom. The molecule has 0 spiro atoms. The fraction of sp³-hybridized carbons (Fsp3) is 0.421. The standard InChI is InChI=1S/C19H24N4O6/c1-4-19(3)16(26)23(18(28)22-19)11-13(24)29-14(12-9-7-6-8-10-12)15(25)21-17(27)20-5-2/h6-10,14H,4-5,11H2,1-3H3,(H,22,28)(H2,20,21,25,27)/t14-,19+/m1/s1. The van der Waals surface area contributed by atoms with Gasteiger partial charge < -0.3 is 15.4 Å². The normalized spacial score (nSPS) is 19.3. The van der Waals surface area contributed by atoms with Crippen LogP contribution in [-0.4, -0.2) is 53.4 Å². The van der Waals surface area contributed by atoms with Gasteiger partial charge in [0, 0.05) is 12.1 Å². The Kier molecular flexibility index (Phi) is 6.92. The molecule has 0 bridgehead atoms. The Labute approximate surface area is 168 Å². The lowest BCUT2D eigenvalue weighted by molar-refractivity contribution is -0.157. The minimum atomic E-state index is -1.43. The number of rotatable bonds is 7. The lowest BCUT2D eigenvalue weighted by atomic mass is 9.99. The van der Waals surface area contributed by atoms with Crippen molar-refractivity contribution < 1.29 is 28.7 Å². The van der Waals surface area contributed by atoms with E-state index in [2.05, 4.69) is 16.0 Å². The largest absolute Gasteiger partial charge is 0.446 e. The molecule has 1 aliphatic heterocycles. The highest BCUT2D eigenvalue weighted by molar-refractivity contribution is 6.08. The quantitative estimate of drug-likeness (QED) is 0.455. The second kappa shape index (κ2) is 9.18. The Balaban J connectivity index is 2.13. The van der Waals surface area contributed by atoms with Gasteiger partial charge in [0.15, 0.2) is 0 Å². The molecule has 2 rings (SSSR count). The third-order valence-corrected chi connectivity index (χ3v) is 4.50. The lowest BCUT2D eigenvalue weighted by Crippen LogP contribution is -2.44. The van der Waals surface area contributed by atoms with Crippen molar-refractivity contribution in [2.24, 2.45) is 0 Å². The van der Waals surface area contributed by atoms with Gasteiger partial charge in [-0.2, -0.15) is 0 Å². The third kappa shape index (κ3) is 5.09. The van der Waals surface area contributed by atoms with Crippen molar-refractivity contribution in [2.45, 2.75) is 38.8 Å².